The van der Waals surface area contributed by atoms with Crippen molar-refractivity contribution in [2.75, 3.05) is 13.1 Å². The van der Waals surface area contributed by atoms with Gasteiger partial charge in [0.1, 0.15) is 10.8 Å². The highest BCUT2D eigenvalue weighted by atomic mass is 35.5. The first-order valence-electron chi connectivity index (χ1n) is 7.00. The van der Waals surface area contributed by atoms with Crippen LogP contribution in [0.4, 0.5) is 0 Å². The maximum Gasteiger partial charge on any atom is 0.270 e. The predicted octanol–water partition coefficient (Wildman–Crippen LogP) is 3.83. The summed E-state index contributed by atoms with van der Waals surface area (Å²) in [7, 11) is 0. The third-order valence-electron chi connectivity index (χ3n) is 3.48. The number of aryl methyl sites for hydroxylation is 1. The third kappa shape index (κ3) is 3.83. The largest absolute Gasteiger partial charge is 0.387 e. The second-order valence-electron chi connectivity index (χ2n) is 5.12. The van der Waals surface area contributed by atoms with Crippen LogP contribution in [0.1, 0.15) is 34.6 Å². The number of aliphatic hydroxyl groups excluding tert-OH is 1. The molecule has 0 radical (unpaired) electrons. The smallest absolute Gasteiger partial charge is 0.270 e. The fourth-order valence-corrected chi connectivity index (χ4v) is 2.46. The number of H-pyrrole nitrogens is 1. The fourth-order valence-electron chi connectivity index (χ4n) is 2.15. The van der Waals surface area contributed by atoms with Crippen LogP contribution >= 0.6 is 23.2 Å². The highest BCUT2D eigenvalue weighted by Gasteiger charge is 2.21. The summed E-state index contributed by atoms with van der Waals surface area (Å²) in [6, 6.07) is 9.08. The Hall–Kier alpha value is -1.49. The van der Waals surface area contributed by atoms with Crippen molar-refractivity contribution in [2.24, 2.45) is 0 Å². The van der Waals surface area contributed by atoms with E-state index in [9.17, 15) is 9.90 Å². The summed E-state index contributed by atoms with van der Waals surface area (Å²) in [5.41, 5.74) is 2.21. The Labute approximate surface area is 139 Å². The lowest BCUT2D eigenvalue weighted by molar-refractivity contribution is 0.0630. The van der Waals surface area contributed by atoms with Gasteiger partial charge in [-0.25, -0.2) is 0 Å². The van der Waals surface area contributed by atoms with Crippen molar-refractivity contribution in [3.63, 3.8) is 0 Å². The first-order valence-corrected chi connectivity index (χ1v) is 7.76. The molecule has 0 aliphatic rings. The molecule has 22 heavy (non-hydrogen) atoms. The number of rotatable bonds is 5. The van der Waals surface area contributed by atoms with Gasteiger partial charge in [-0.05, 0) is 25.5 Å². The van der Waals surface area contributed by atoms with Crippen molar-refractivity contribution in [2.45, 2.75) is 20.0 Å². The molecule has 0 aliphatic heterocycles. The minimum Gasteiger partial charge on any atom is -0.387 e. The Balaban J connectivity index is 2.11. The van der Waals surface area contributed by atoms with Gasteiger partial charge < -0.3 is 15.0 Å². The zero-order valence-corrected chi connectivity index (χ0v) is 13.9. The summed E-state index contributed by atoms with van der Waals surface area (Å²) in [6.07, 6.45) is -0.745. The average Bonchev–Trinajstić information content (AvgIpc) is 2.84. The van der Waals surface area contributed by atoms with E-state index in [4.69, 9.17) is 23.2 Å². The van der Waals surface area contributed by atoms with Gasteiger partial charge in [0, 0.05) is 6.54 Å². The molecule has 2 aromatic rings. The maximum atomic E-state index is 12.4. The van der Waals surface area contributed by atoms with Gasteiger partial charge >= 0.3 is 0 Å². The number of nitrogens with one attached hydrogen (secondary N) is 1. The molecule has 2 rings (SSSR count). The molecule has 1 unspecified atom stereocenters. The topological polar surface area (TPSA) is 56.3 Å². The van der Waals surface area contributed by atoms with Crippen molar-refractivity contribution in [1.82, 2.24) is 9.88 Å². The first kappa shape index (κ1) is 16.9. The summed E-state index contributed by atoms with van der Waals surface area (Å²) in [5.74, 6) is -0.248. The number of hydrogen-bond donors (Lipinski definition) is 2. The first-order chi connectivity index (χ1) is 10.4. The Bertz CT molecular complexity index is 633. The molecule has 1 heterocycles. The maximum absolute atomic E-state index is 12.4. The summed E-state index contributed by atoms with van der Waals surface area (Å²) >= 11 is 11.7. The van der Waals surface area contributed by atoms with E-state index in [0.717, 1.165) is 11.1 Å². The summed E-state index contributed by atoms with van der Waals surface area (Å²) < 4.78 is 0. The average molecular weight is 341 g/mol. The van der Waals surface area contributed by atoms with Gasteiger partial charge in [-0.2, -0.15) is 0 Å². The van der Waals surface area contributed by atoms with E-state index >= 15 is 0 Å². The molecule has 118 valence electrons. The number of nitrogens with zero attached hydrogens (tertiary/aromatic N) is 1. The SMILES string of the molecule is CCN(CC(O)c1ccc(C)cc1)C(=O)c1cc(Cl)c(Cl)[nH]1. The van der Waals surface area contributed by atoms with Crippen LogP contribution in [0, 0.1) is 6.92 Å². The monoisotopic (exact) mass is 340 g/mol. The lowest BCUT2D eigenvalue weighted by Crippen LogP contribution is -2.34. The number of amides is 1. The van der Waals surface area contributed by atoms with E-state index in [0.29, 0.717) is 17.3 Å². The zero-order valence-electron chi connectivity index (χ0n) is 12.4. The minimum atomic E-state index is -0.745. The number of aliphatic hydroxyl groups is 1. The number of benzene rings is 1. The molecule has 0 saturated carbocycles. The van der Waals surface area contributed by atoms with Crippen LogP contribution in [0.25, 0.3) is 0 Å². The summed E-state index contributed by atoms with van der Waals surface area (Å²) in [4.78, 5) is 16.7. The van der Waals surface area contributed by atoms with Crippen molar-refractivity contribution in [3.8, 4) is 0 Å². The van der Waals surface area contributed by atoms with Crippen LogP contribution < -0.4 is 0 Å². The van der Waals surface area contributed by atoms with Gasteiger partial charge in [0.2, 0.25) is 0 Å². The fraction of sp³-hybridized carbons (Fsp3) is 0.312. The van der Waals surface area contributed by atoms with Gasteiger partial charge in [0.05, 0.1) is 17.7 Å². The second kappa shape index (κ2) is 7.18. The molecule has 1 aromatic carbocycles. The molecule has 0 spiro atoms. The molecule has 6 heteroatoms. The lowest BCUT2D eigenvalue weighted by Gasteiger charge is -2.23. The van der Waals surface area contributed by atoms with Crippen LogP contribution in [0.5, 0.6) is 0 Å². The van der Waals surface area contributed by atoms with Crippen LogP contribution in [-0.4, -0.2) is 34.0 Å². The molecular formula is C16H18Cl2N2O2. The Morgan fingerprint density at radius 2 is 1.95 bits per heavy atom. The quantitative estimate of drug-likeness (QED) is 0.869. The highest BCUT2D eigenvalue weighted by molar-refractivity contribution is 6.41. The van der Waals surface area contributed by atoms with Crippen molar-refractivity contribution >= 4 is 29.1 Å². The summed E-state index contributed by atoms with van der Waals surface area (Å²) in [5, 5.41) is 10.9. The second-order valence-corrected chi connectivity index (χ2v) is 5.90. The van der Waals surface area contributed by atoms with Crippen molar-refractivity contribution in [1.29, 1.82) is 0 Å². The summed E-state index contributed by atoms with van der Waals surface area (Å²) in [6.45, 7) is 4.51. The molecule has 4 nitrogen and oxygen atoms in total. The van der Waals surface area contributed by atoms with Gasteiger partial charge in [0.25, 0.3) is 5.91 Å². The molecule has 0 fully saturated rings. The van der Waals surface area contributed by atoms with Crippen LogP contribution in [-0.2, 0) is 0 Å². The Morgan fingerprint density at radius 1 is 1.32 bits per heavy atom. The number of aromatic nitrogens is 1. The van der Waals surface area contributed by atoms with Crippen LogP contribution in [0.3, 0.4) is 0 Å². The third-order valence-corrected chi connectivity index (χ3v) is 4.17. The molecule has 1 aromatic heterocycles. The van der Waals surface area contributed by atoms with E-state index < -0.39 is 6.10 Å². The molecule has 0 saturated heterocycles. The predicted molar refractivity (Wildman–Crippen MR) is 88.5 cm³/mol. The van der Waals surface area contributed by atoms with Crippen molar-refractivity contribution in [3.05, 3.63) is 57.3 Å². The molecule has 2 N–H and O–H groups in total. The number of carbonyl (C=O) groups excluding carboxylic acids is 1. The van der Waals surface area contributed by atoms with Gasteiger partial charge in [-0.15, -0.1) is 0 Å². The number of carbonyl (C=O) groups is 1. The Kier molecular flexibility index (Phi) is 5.51. The number of hydrogen-bond acceptors (Lipinski definition) is 2. The van der Waals surface area contributed by atoms with E-state index in [1.54, 1.807) is 4.90 Å². The number of halogens is 2. The van der Waals surface area contributed by atoms with E-state index in [1.807, 2.05) is 38.1 Å². The highest BCUT2D eigenvalue weighted by Crippen LogP contribution is 2.23. The van der Waals surface area contributed by atoms with Gasteiger partial charge in [0.15, 0.2) is 0 Å². The van der Waals surface area contributed by atoms with E-state index in [1.165, 1.54) is 6.07 Å². The van der Waals surface area contributed by atoms with Gasteiger partial charge in [-0.1, -0.05) is 53.0 Å². The van der Waals surface area contributed by atoms with E-state index in [2.05, 4.69) is 4.98 Å². The lowest BCUT2D eigenvalue weighted by atomic mass is 10.1. The molecule has 1 amide bonds. The number of likely N-dealkylation sites (N-methyl/N-ethyl adjacent to an activating group) is 1. The van der Waals surface area contributed by atoms with Crippen molar-refractivity contribution < 1.29 is 9.90 Å². The molecule has 1 atom stereocenters. The van der Waals surface area contributed by atoms with Crippen LogP contribution in [0.15, 0.2) is 30.3 Å². The molecule has 0 bridgehead atoms. The number of aromatic amines is 1. The minimum absolute atomic E-state index is 0.201. The molecule has 0 aliphatic carbocycles. The normalized spacial score (nSPS) is 12.2. The van der Waals surface area contributed by atoms with E-state index in [-0.39, 0.29) is 17.6 Å². The zero-order chi connectivity index (χ0) is 16.3. The standard InChI is InChI=1S/C16H18Cl2N2O2/c1-3-20(16(22)13-8-12(17)15(18)19-13)9-14(21)11-6-4-10(2)5-7-11/h4-8,14,19,21H,3,9H2,1-2H3. The van der Waals surface area contributed by atoms with Gasteiger partial charge in [-0.3, -0.25) is 4.79 Å². The van der Waals surface area contributed by atoms with Crippen LogP contribution in [0.2, 0.25) is 10.2 Å². The Morgan fingerprint density at radius 3 is 2.45 bits per heavy atom. The molecular weight excluding hydrogens is 323 g/mol.